The Kier molecular flexibility index (Phi) is 8.19. The normalized spacial score (nSPS) is 11.6. The molecule has 0 radical (unpaired) electrons. The molecule has 258 valence electrons. The molecule has 7 aromatic carbocycles. The Bertz CT molecular complexity index is 3220. The molecule has 0 atom stereocenters. The Labute approximate surface area is 335 Å². The van der Waals surface area contributed by atoms with Gasteiger partial charge in [0.25, 0.3) is 0 Å². The second kappa shape index (κ2) is 13.3. The first-order chi connectivity index (χ1) is 27.2. The van der Waals surface area contributed by atoms with Gasteiger partial charge in [0.1, 0.15) is 47.1 Å². The Balaban J connectivity index is 1.25. The molecule has 11 heteroatoms. The minimum atomic E-state index is 0.638. The van der Waals surface area contributed by atoms with Gasteiger partial charge in [0.15, 0.2) is 17.5 Å². The fourth-order valence-corrected chi connectivity index (χ4v) is 9.99. The molecule has 0 aliphatic heterocycles. The predicted octanol–water partition coefficient (Wildman–Crippen LogP) is 1.55. The monoisotopic (exact) mass is 728 g/mol. The van der Waals surface area contributed by atoms with E-state index in [0.29, 0.717) is 17.5 Å². The van der Waals surface area contributed by atoms with E-state index in [1.54, 1.807) is 0 Å². The number of fused-ring (bicyclic) bond motifs is 7. The SMILES string of the molecule is Bc1cc(B)c2sc3c(B)c(B)c4c5cc(B)cc(B)c5n(-c5cccc(-c6nc(-c7ccccc7)nc(-c7cccc(-c8ccccc8)c7)n6)c5)c4c3c2c1. The average Bonchev–Trinajstić information content (AvgIpc) is 3.77. The van der Waals surface area contributed by atoms with E-state index in [9.17, 15) is 0 Å². The lowest BCUT2D eigenvalue weighted by molar-refractivity contribution is 1.07. The second-order valence-corrected chi connectivity index (χ2v) is 16.2. The molecule has 10 aromatic rings. The molecular formula is C45H34B6N4S. The summed E-state index contributed by atoms with van der Waals surface area (Å²) in [4.78, 5) is 15.4. The van der Waals surface area contributed by atoms with Crippen molar-refractivity contribution in [2.45, 2.75) is 0 Å². The van der Waals surface area contributed by atoms with Gasteiger partial charge >= 0.3 is 0 Å². The summed E-state index contributed by atoms with van der Waals surface area (Å²) in [6.45, 7) is 0. The second-order valence-electron chi connectivity index (χ2n) is 15.2. The van der Waals surface area contributed by atoms with Gasteiger partial charge in [0.05, 0.1) is 5.52 Å². The quantitative estimate of drug-likeness (QED) is 0.253. The van der Waals surface area contributed by atoms with Crippen LogP contribution in [0.15, 0.2) is 133 Å². The zero-order valence-electron chi connectivity index (χ0n) is 32.4. The van der Waals surface area contributed by atoms with Gasteiger partial charge in [-0.2, -0.15) is 0 Å². The molecule has 0 bridgehead atoms. The Hall–Kier alpha value is -6.04. The van der Waals surface area contributed by atoms with Gasteiger partial charge in [-0.1, -0.05) is 148 Å². The van der Waals surface area contributed by atoms with Crippen LogP contribution in [0.25, 0.3) is 93.0 Å². The van der Waals surface area contributed by atoms with Crippen LogP contribution in [0.4, 0.5) is 0 Å². The molecule has 0 N–H and O–H groups in total. The average molecular weight is 728 g/mol. The molecule has 0 saturated carbocycles. The number of hydrogen-bond acceptors (Lipinski definition) is 4. The van der Waals surface area contributed by atoms with Crippen molar-refractivity contribution in [3.8, 4) is 51.0 Å². The standard InChI is InChI=1S/C45H34B6N4S/c46-28-19-31-35-37(50)38(51)42-36(32-20-29(47)22-34(49)41(32)56-42)40(35)55(39(31)33(48)21-28)30-16-8-15-27(18-30)45-53-43(24-11-5-2-6-12-24)52-44(54-45)26-14-7-13-25(17-26)23-9-3-1-4-10-23/h1-22H,46-51H2. The summed E-state index contributed by atoms with van der Waals surface area (Å²) in [5, 5.41) is 5.28. The summed E-state index contributed by atoms with van der Waals surface area (Å²) in [5.41, 5.74) is 16.5. The smallest absolute Gasteiger partial charge is 0.164 e. The third-order valence-corrected chi connectivity index (χ3v) is 12.8. The topological polar surface area (TPSA) is 43.6 Å². The first-order valence-electron chi connectivity index (χ1n) is 19.2. The summed E-state index contributed by atoms with van der Waals surface area (Å²) >= 11 is 1.93. The van der Waals surface area contributed by atoms with Crippen molar-refractivity contribution in [1.29, 1.82) is 0 Å². The molecule has 3 aromatic heterocycles. The Morgan fingerprint density at radius 3 is 1.66 bits per heavy atom. The molecule has 0 aliphatic rings. The molecule has 56 heavy (non-hydrogen) atoms. The van der Waals surface area contributed by atoms with Crippen LogP contribution in [0.1, 0.15) is 0 Å². The van der Waals surface area contributed by atoms with Gasteiger partial charge in [0.2, 0.25) is 0 Å². The van der Waals surface area contributed by atoms with E-state index in [0.717, 1.165) is 33.5 Å². The molecule has 0 amide bonds. The van der Waals surface area contributed by atoms with Gasteiger partial charge in [-0.3, -0.25) is 0 Å². The Morgan fingerprint density at radius 1 is 0.411 bits per heavy atom. The molecule has 0 fully saturated rings. The molecule has 10 rings (SSSR count). The molecule has 0 saturated heterocycles. The Morgan fingerprint density at radius 2 is 0.964 bits per heavy atom. The summed E-state index contributed by atoms with van der Waals surface area (Å²) in [5.74, 6) is 1.93. The van der Waals surface area contributed by atoms with Crippen LogP contribution in [0.3, 0.4) is 0 Å². The molecule has 4 nitrogen and oxygen atoms in total. The van der Waals surface area contributed by atoms with Crippen LogP contribution in [0.5, 0.6) is 0 Å². The first-order valence-corrected chi connectivity index (χ1v) is 20.0. The van der Waals surface area contributed by atoms with Gasteiger partial charge < -0.3 is 4.57 Å². The van der Waals surface area contributed by atoms with Crippen LogP contribution in [-0.2, 0) is 0 Å². The third kappa shape index (κ3) is 5.56. The number of nitrogens with zero attached hydrogens (tertiary/aromatic N) is 4. The third-order valence-electron chi connectivity index (χ3n) is 11.3. The molecular weight excluding hydrogens is 693 g/mol. The van der Waals surface area contributed by atoms with Crippen LogP contribution in [0, 0.1) is 0 Å². The van der Waals surface area contributed by atoms with E-state index in [-0.39, 0.29) is 0 Å². The van der Waals surface area contributed by atoms with Gasteiger partial charge in [-0.05, 0) is 29.3 Å². The van der Waals surface area contributed by atoms with Gasteiger partial charge in [0, 0.05) is 58.8 Å². The minimum absolute atomic E-state index is 0.638. The van der Waals surface area contributed by atoms with Crippen molar-refractivity contribution in [2.24, 2.45) is 0 Å². The molecule has 0 unspecified atom stereocenters. The van der Waals surface area contributed by atoms with E-state index in [1.165, 1.54) is 74.8 Å². The van der Waals surface area contributed by atoms with Crippen molar-refractivity contribution in [3.05, 3.63) is 133 Å². The number of aromatic nitrogens is 4. The lowest BCUT2D eigenvalue weighted by Crippen LogP contribution is -2.26. The van der Waals surface area contributed by atoms with Gasteiger partial charge in [-0.25, -0.2) is 15.0 Å². The lowest BCUT2D eigenvalue weighted by Gasteiger charge is -2.14. The number of benzene rings is 7. The zero-order valence-corrected chi connectivity index (χ0v) is 33.2. The van der Waals surface area contributed by atoms with Crippen molar-refractivity contribution >= 4 is 133 Å². The van der Waals surface area contributed by atoms with Crippen LogP contribution in [-0.4, -0.2) is 66.6 Å². The number of rotatable bonds is 5. The maximum atomic E-state index is 5.21. The van der Waals surface area contributed by atoms with Crippen LogP contribution >= 0.6 is 11.3 Å². The van der Waals surface area contributed by atoms with E-state index in [4.69, 9.17) is 15.0 Å². The van der Waals surface area contributed by atoms with E-state index in [1.807, 2.05) is 35.6 Å². The highest BCUT2D eigenvalue weighted by Crippen LogP contribution is 2.41. The highest BCUT2D eigenvalue weighted by Gasteiger charge is 2.24. The first kappa shape index (κ1) is 34.4. The number of thiophene rings is 1. The molecule has 3 heterocycles. The number of hydrogen-bond donors (Lipinski definition) is 0. The summed E-state index contributed by atoms with van der Waals surface area (Å²) in [6, 6.07) is 47.3. The molecule has 0 spiro atoms. The predicted molar refractivity (Wildman–Crippen MR) is 258 cm³/mol. The van der Waals surface area contributed by atoms with Gasteiger partial charge in [-0.15, -0.1) is 11.3 Å². The maximum absolute atomic E-state index is 5.21. The minimum Gasteiger partial charge on any atom is -0.309 e. The maximum Gasteiger partial charge on any atom is 0.164 e. The summed E-state index contributed by atoms with van der Waals surface area (Å²) in [6.07, 6.45) is 0. The van der Waals surface area contributed by atoms with Crippen LogP contribution < -0.4 is 32.8 Å². The lowest BCUT2D eigenvalue weighted by atomic mass is 9.76. The highest BCUT2D eigenvalue weighted by molar-refractivity contribution is 7.28. The summed E-state index contributed by atoms with van der Waals surface area (Å²) < 4.78 is 5.24. The zero-order chi connectivity index (χ0) is 38.2. The van der Waals surface area contributed by atoms with Crippen molar-refractivity contribution < 1.29 is 0 Å². The van der Waals surface area contributed by atoms with E-state index < -0.39 is 0 Å². The van der Waals surface area contributed by atoms with Crippen molar-refractivity contribution in [2.75, 3.05) is 0 Å². The summed E-state index contributed by atoms with van der Waals surface area (Å²) in [7, 11) is 13.5. The van der Waals surface area contributed by atoms with Crippen molar-refractivity contribution in [1.82, 2.24) is 19.5 Å². The highest BCUT2D eigenvalue weighted by atomic mass is 32.1. The fourth-order valence-electron chi connectivity index (χ4n) is 8.68. The van der Waals surface area contributed by atoms with Crippen molar-refractivity contribution in [3.63, 3.8) is 0 Å². The van der Waals surface area contributed by atoms with Crippen LogP contribution in [0.2, 0.25) is 0 Å². The largest absolute Gasteiger partial charge is 0.309 e. The van der Waals surface area contributed by atoms with E-state index in [2.05, 4.69) is 161 Å². The molecule has 0 aliphatic carbocycles. The van der Waals surface area contributed by atoms with E-state index >= 15 is 0 Å². The fraction of sp³-hybridized carbons (Fsp3) is 0.